The first-order valence-corrected chi connectivity index (χ1v) is 10.8. The molecule has 0 aliphatic rings. The van der Waals surface area contributed by atoms with Crippen LogP contribution in [0, 0.1) is 0 Å². The highest BCUT2D eigenvalue weighted by atomic mass is 35.5. The van der Waals surface area contributed by atoms with Crippen molar-refractivity contribution in [1.82, 2.24) is 9.62 Å². The third-order valence-corrected chi connectivity index (χ3v) is 6.44. The van der Waals surface area contributed by atoms with E-state index in [1.807, 2.05) is 6.92 Å². The minimum atomic E-state index is -3.85. The second-order valence-electron chi connectivity index (χ2n) is 6.04. The number of carbonyl (C=O) groups is 1. The number of amides is 1. The summed E-state index contributed by atoms with van der Waals surface area (Å²) >= 11 is 12.0. The van der Waals surface area contributed by atoms with Gasteiger partial charge in [-0.2, -0.15) is 4.31 Å². The molecule has 0 heterocycles. The van der Waals surface area contributed by atoms with Crippen molar-refractivity contribution in [2.45, 2.75) is 31.2 Å². The highest BCUT2D eigenvalue weighted by Gasteiger charge is 2.26. The van der Waals surface area contributed by atoms with Gasteiger partial charge in [0, 0.05) is 13.1 Å². The number of benzene rings is 2. The van der Waals surface area contributed by atoms with Crippen LogP contribution in [0.2, 0.25) is 10.0 Å². The summed E-state index contributed by atoms with van der Waals surface area (Å²) in [4.78, 5) is 12.4. The lowest BCUT2D eigenvalue weighted by Gasteiger charge is -2.22. The number of sulfonamides is 1. The van der Waals surface area contributed by atoms with Crippen molar-refractivity contribution < 1.29 is 13.2 Å². The van der Waals surface area contributed by atoms with Gasteiger partial charge < -0.3 is 5.32 Å². The summed E-state index contributed by atoms with van der Waals surface area (Å²) in [5.74, 6) is -0.344. The first-order valence-electron chi connectivity index (χ1n) is 8.60. The van der Waals surface area contributed by atoms with Crippen LogP contribution in [0.5, 0.6) is 0 Å². The fourth-order valence-corrected chi connectivity index (χ4v) is 4.16. The van der Waals surface area contributed by atoms with E-state index in [4.69, 9.17) is 23.2 Å². The first-order chi connectivity index (χ1) is 12.8. The Balaban J connectivity index is 2.27. The van der Waals surface area contributed by atoms with E-state index in [1.54, 1.807) is 36.4 Å². The van der Waals surface area contributed by atoms with Crippen LogP contribution in [0.4, 0.5) is 0 Å². The zero-order chi connectivity index (χ0) is 19.9. The predicted molar refractivity (Wildman–Crippen MR) is 108 cm³/mol. The van der Waals surface area contributed by atoms with Crippen LogP contribution in [-0.2, 0) is 21.4 Å². The van der Waals surface area contributed by atoms with Crippen molar-refractivity contribution in [3.63, 3.8) is 0 Å². The van der Waals surface area contributed by atoms with Crippen molar-refractivity contribution in [2.75, 3.05) is 13.1 Å². The van der Waals surface area contributed by atoms with Gasteiger partial charge in [0.25, 0.3) is 0 Å². The molecule has 1 amide bonds. The molecule has 2 aromatic rings. The Bertz CT molecular complexity index is 874. The first kappa shape index (κ1) is 21.7. The fraction of sp³-hybridized carbons (Fsp3) is 0.316. The molecule has 0 aliphatic carbocycles. The Morgan fingerprint density at radius 1 is 1.07 bits per heavy atom. The maximum absolute atomic E-state index is 13.0. The molecular weight excluding hydrogens is 407 g/mol. The van der Waals surface area contributed by atoms with Gasteiger partial charge in [0.2, 0.25) is 15.9 Å². The monoisotopic (exact) mass is 428 g/mol. The van der Waals surface area contributed by atoms with Gasteiger partial charge in [0.1, 0.15) is 0 Å². The molecule has 2 rings (SSSR count). The van der Waals surface area contributed by atoms with E-state index >= 15 is 0 Å². The quantitative estimate of drug-likeness (QED) is 0.611. The summed E-state index contributed by atoms with van der Waals surface area (Å²) in [5, 5.41) is 3.47. The van der Waals surface area contributed by atoms with Gasteiger partial charge in [-0.1, -0.05) is 60.8 Å². The number of hydrogen-bond acceptors (Lipinski definition) is 3. The molecule has 0 aromatic heterocycles. The fourth-order valence-electron chi connectivity index (χ4n) is 2.43. The molecule has 1 N–H and O–H groups in total. The molecule has 0 saturated carbocycles. The van der Waals surface area contributed by atoms with Crippen molar-refractivity contribution in [3.05, 3.63) is 64.1 Å². The summed E-state index contributed by atoms with van der Waals surface area (Å²) in [6.07, 6.45) is 1.78. The summed E-state index contributed by atoms with van der Waals surface area (Å²) < 4.78 is 27.2. The number of halogens is 2. The second-order valence-corrected chi connectivity index (χ2v) is 8.79. The van der Waals surface area contributed by atoms with E-state index in [0.29, 0.717) is 22.2 Å². The zero-order valence-corrected chi connectivity index (χ0v) is 17.3. The van der Waals surface area contributed by atoms with Gasteiger partial charge in [0.15, 0.2) is 0 Å². The molecule has 8 heteroatoms. The van der Waals surface area contributed by atoms with Crippen molar-refractivity contribution >= 4 is 39.1 Å². The predicted octanol–water partition coefficient (Wildman–Crippen LogP) is 4.10. The van der Waals surface area contributed by atoms with Gasteiger partial charge in [-0.15, -0.1) is 0 Å². The summed E-state index contributed by atoms with van der Waals surface area (Å²) in [7, 11) is -3.85. The molecule has 0 aliphatic heterocycles. The lowest BCUT2D eigenvalue weighted by atomic mass is 10.2. The molecule has 0 unspecified atom stereocenters. The van der Waals surface area contributed by atoms with E-state index in [2.05, 4.69) is 5.32 Å². The van der Waals surface area contributed by atoms with Gasteiger partial charge in [-0.3, -0.25) is 4.79 Å². The highest BCUT2D eigenvalue weighted by molar-refractivity contribution is 7.89. The standard InChI is InChI=1S/C19H22Cl2N2O3S/c1-2-3-11-22-19(24)14-23(13-15-9-10-17(20)18(21)12-15)27(25,26)16-7-5-4-6-8-16/h4-10,12H,2-3,11,13-14H2,1H3,(H,22,24). The average molecular weight is 429 g/mol. The lowest BCUT2D eigenvalue weighted by molar-refractivity contribution is -0.121. The second kappa shape index (κ2) is 10.1. The summed E-state index contributed by atoms with van der Waals surface area (Å²) in [6, 6.07) is 12.9. The van der Waals surface area contributed by atoms with Gasteiger partial charge in [0.05, 0.1) is 21.5 Å². The largest absolute Gasteiger partial charge is 0.355 e. The van der Waals surface area contributed by atoms with Crippen LogP contribution < -0.4 is 5.32 Å². The van der Waals surface area contributed by atoms with E-state index in [-0.39, 0.29) is 23.9 Å². The van der Waals surface area contributed by atoms with Crippen LogP contribution in [0.15, 0.2) is 53.4 Å². The molecule has 146 valence electrons. The molecule has 0 fully saturated rings. The van der Waals surface area contributed by atoms with Crippen molar-refractivity contribution in [1.29, 1.82) is 0 Å². The molecule has 0 bridgehead atoms. The Morgan fingerprint density at radius 3 is 2.41 bits per heavy atom. The van der Waals surface area contributed by atoms with Crippen LogP contribution in [0.1, 0.15) is 25.3 Å². The molecule has 0 spiro atoms. The lowest BCUT2D eigenvalue weighted by Crippen LogP contribution is -2.40. The Labute approximate surface area is 170 Å². The molecule has 0 radical (unpaired) electrons. The Hall–Kier alpha value is -1.60. The number of nitrogens with zero attached hydrogens (tertiary/aromatic N) is 1. The maximum atomic E-state index is 13.0. The minimum Gasteiger partial charge on any atom is -0.355 e. The van der Waals surface area contributed by atoms with Gasteiger partial charge in [-0.05, 0) is 36.2 Å². The number of nitrogens with one attached hydrogen (secondary N) is 1. The van der Waals surface area contributed by atoms with E-state index in [9.17, 15) is 13.2 Å². The highest BCUT2D eigenvalue weighted by Crippen LogP contribution is 2.25. The smallest absolute Gasteiger partial charge is 0.243 e. The topological polar surface area (TPSA) is 66.5 Å². The maximum Gasteiger partial charge on any atom is 0.243 e. The van der Waals surface area contributed by atoms with Crippen LogP contribution in [0.25, 0.3) is 0 Å². The van der Waals surface area contributed by atoms with Gasteiger partial charge >= 0.3 is 0 Å². The Morgan fingerprint density at radius 2 is 1.78 bits per heavy atom. The average Bonchev–Trinajstić information content (AvgIpc) is 2.65. The van der Waals surface area contributed by atoms with E-state index in [0.717, 1.165) is 17.1 Å². The molecule has 0 saturated heterocycles. The van der Waals surface area contributed by atoms with Crippen LogP contribution >= 0.6 is 23.2 Å². The molecule has 2 aromatic carbocycles. The normalized spacial score (nSPS) is 11.6. The minimum absolute atomic E-state index is 0.00924. The molecular formula is C19H22Cl2N2O3S. The van der Waals surface area contributed by atoms with Crippen LogP contribution in [-0.4, -0.2) is 31.7 Å². The van der Waals surface area contributed by atoms with Crippen molar-refractivity contribution in [3.8, 4) is 0 Å². The molecule has 27 heavy (non-hydrogen) atoms. The molecule has 0 atom stereocenters. The van der Waals surface area contributed by atoms with Gasteiger partial charge in [-0.25, -0.2) is 8.42 Å². The third kappa shape index (κ3) is 6.21. The molecule has 5 nitrogen and oxygen atoms in total. The number of carbonyl (C=O) groups excluding carboxylic acids is 1. The van der Waals surface area contributed by atoms with E-state index in [1.165, 1.54) is 12.1 Å². The van der Waals surface area contributed by atoms with E-state index < -0.39 is 10.0 Å². The van der Waals surface area contributed by atoms with Crippen molar-refractivity contribution in [2.24, 2.45) is 0 Å². The number of hydrogen-bond donors (Lipinski definition) is 1. The zero-order valence-electron chi connectivity index (χ0n) is 15.0. The summed E-state index contributed by atoms with van der Waals surface area (Å²) in [5.41, 5.74) is 0.644. The number of unbranched alkanes of at least 4 members (excludes halogenated alkanes) is 1. The summed E-state index contributed by atoms with van der Waals surface area (Å²) in [6.45, 7) is 2.26. The Kier molecular flexibility index (Phi) is 8.10. The SMILES string of the molecule is CCCCNC(=O)CN(Cc1ccc(Cl)c(Cl)c1)S(=O)(=O)c1ccccc1. The van der Waals surface area contributed by atoms with Crippen LogP contribution in [0.3, 0.4) is 0 Å². The third-order valence-electron chi connectivity index (χ3n) is 3.90. The number of rotatable bonds is 9.